The van der Waals surface area contributed by atoms with Gasteiger partial charge in [0.15, 0.2) is 0 Å². The normalized spacial score (nSPS) is 25.8. The summed E-state index contributed by atoms with van der Waals surface area (Å²) >= 11 is 0. The first-order valence-electron chi connectivity index (χ1n) is 5.19. The van der Waals surface area contributed by atoms with Crippen LogP contribution in [-0.2, 0) is 4.79 Å². The number of carbonyl (C=O) groups is 1. The minimum absolute atomic E-state index is 0.110. The highest BCUT2D eigenvalue weighted by Gasteiger charge is 2.27. The first kappa shape index (κ1) is 11.4. The van der Waals surface area contributed by atoms with Gasteiger partial charge in [0.25, 0.3) is 5.91 Å². The Labute approximate surface area is 84.8 Å². The van der Waals surface area contributed by atoms with Gasteiger partial charge in [0, 0.05) is 12.6 Å². The number of amides is 1. The summed E-state index contributed by atoms with van der Waals surface area (Å²) in [5, 5.41) is 0. The smallest absolute Gasteiger partial charge is 0.251 e. The molecule has 0 aromatic rings. The summed E-state index contributed by atoms with van der Waals surface area (Å²) in [5.74, 6) is 5.02. The van der Waals surface area contributed by atoms with Crippen LogP contribution in [0.1, 0.15) is 26.2 Å². The number of hydrogen-bond acceptors (Lipinski definition) is 4. The molecule has 1 fully saturated rings. The second-order valence-corrected chi connectivity index (χ2v) is 3.83. The molecule has 1 aliphatic heterocycles. The molecule has 5 heteroatoms. The molecule has 1 heterocycles. The second-order valence-electron chi connectivity index (χ2n) is 3.83. The van der Waals surface area contributed by atoms with Gasteiger partial charge >= 0.3 is 0 Å². The van der Waals surface area contributed by atoms with Crippen LogP contribution in [0, 0.1) is 0 Å². The van der Waals surface area contributed by atoms with E-state index in [1.54, 1.807) is 0 Å². The van der Waals surface area contributed by atoms with Gasteiger partial charge in [-0.25, -0.2) is 5.84 Å². The number of hydrogen-bond donors (Lipinski definition) is 3. The maximum absolute atomic E-state index is 11.4. The Bertz CT molecular complexity index is 197. The zero-order valence-electron chi connectivity index (χ0n) is 8.70. The lowest BCUT2D eigenvalue weighted by molar-refractivity contribution is -0.127. The first-order chi connectivity index (χ1) is 6.69. The Morgan fingerprint density at radius 2 is 2.43 bits per heavy atom. The van der Waals surface area contributed by atoms with Crippen molar-refractivity contribution in [2.75, 3.05) is 13.1 Å². The zero-order chi connectivity index (χ0) is 10.6. The Balaban J connectivity index is 2.54. The third kappa shape index (κ3) is 2.67. The fourth-order valence-corrected chi connectivity index (χ4v) is 2.03. The molecule has 0 bridgehead atoms. The van der Waals surface area contributed by atoms with E-state index in [-0.39, 0.29) is 18.0 Å². The van der Waals surface area contributed by atoms with Crippen LogP contribution in [0.5, 0.6) is 0 Å². The molecule has 5 N–H and O–H groups in total. The zero-order valence-corrected chi connectivity index (χ0v) is 8.70. The van der Waals surface area contributed by atoms with Crippen molar-refractivity contribution in [1.29, 1.82) is 0 Å². The van der Waals surface area contributed by atoms with Gasteiger partial charge in [0.1, 0.15) is 0 Å². The molecule has 0 saturated carbocycles. The maximum Gasteiger partial charge on any atom is 0.251 e. The lowest BCUT2D eigenvalue weighted by Crippen LogP contribution is -2.54. The SMILES string of the molecule is CCC(C(=O)NN)N1CCCC(N)C1. The Morgan fingerprint density at radius 3 is 2.93 bits per heavy atom. The van der Waals surface area contributed by atoms with Crippen molar-refractivity contribution < 1.29 is 4.79 Å². The molecule has 1 saturated heterocycles. The highest BCUT2D eigenvalue weighted by Crippen LogP contribution is 2.13. The van der Waals surface area contributed by atoms with Crippen molar-refractivity contribution in [3.8, 4) is 0 Å². The molecule has 0 aromatic heterocycles. The summed E-state index contributed by atoms with van der Waals surface area (Å²) in [7, 11) is 0. The minimum Gasteiger partial charge on any atom is -0.327 e. The number of carbonyl (C=O) groups excluding carboxylic acids is 1. The van der Waals surface area contributed by atoms with E-state index in [1.165, 1.54) is 0 Å². The summed E-state index contributed by atoms with van der Waals surface area (Å²) in [6.07, 6.45) is 2.89. The summed E-state index contributed by atoms with van der Waals surface area (Å²) in [6, 6.07) is 0.0784. The standard InChI is InChI=1S/C9H20N4O/c1-2-8(9(14)12-11)13-5-3-4-7(10)6-13/h7-8H,2-6,10-11H2,1H3,(H,12,14). The Hall–Kier alpha value is -0.650. The molecule has 5 nitrogen and oxygen atoms in total. The van der Waals surface area contributed by atoms with E-state index in [0.717, 1.165) is 32.4 Å². The number of nitrogens with two attached hydrogens (primary N) is 2. The molecule has 0 aliphatic carbocycles. The number of nitrogens with one attached hydrogen (secondary N) is 1. The predicted octanol–water partition coefficient (Wildman–Crippen LogP) is -0.822. The van der Waals surface area contributed by atoms with Crippen molar-refractivity contribution in [2.24, 2.45) is 11.6 Å². The lowest BCUT2D eigenvalue weighted by Gasteiger charge is -2.35. The maximum atomic E-state index is 11.4. The van der Waals surface area contributed by atoms with E-state index in [4.69, 9.17) is 11.6 Å². The fraction of sp³-hybridized carbons (Fsp3) is 0.889. The number of hydrazine groups is 1. The molecular formula is C9H20N4O. The number of piperidine rings is 1. The van der Waals surface area contributed by atoms with Gasteiger partial charge in [0.05, 0.1) is 6.04 Å². The molecule has 0 radical (unpaired) electrons. The van der Waals surface area contributed by atoms with Gasteiger partial charge in [-0.15, -0.1) is 0 Å². The van der Waals surface area contributed by atoms with Crippen molar-refractivity contribution >= 4 is 5.91 Å². The molecule has 2 unspecified atom stereocenters. The highest BCUT2D eigenvalue weighted by atomic mass is 16.2. The topological polar surface area (TPSA) is 84.4 Å². The quantitative estimate of drug-likeness (QED) is 0.316. The molecule has 2 atom stereocenters. The van der Waals surface area contributed by atoms with Gasteiger partial charge in [0.2, 0.25) is 0 Å². The molecule has 1 rings (SSSR count). The van der Waals surface area contributed by atoms with Crippen LogP contribution in [0.4, 0.5) is 0 Å². The summed E-state index contributed by atoms with van der Waals surface area (Å²) in [4.78, 5) is 13.6. The van der Waals surface area contributed by atoms with Gasteiger partial charge in [-0.2, -0.15) is 0 Å². The molecular weight excluding hydrogens is 180 g/mol. The van der Waals surface area contributed by atoms with Gasteiger partial charge < -0.3 is 5.73 Å². The van der Waals surface area contributed by atoms with Crippen LogP contribution in [0.25, 0.3) is 0 Å². The van der Waals surface area contributed by atoms with Crippen molar-refractivity contribution in [1.82, 2.24) is 10.3 Å². The van der Waals surface area contributed by atoms with E-state index < -0.39 is 0 Å². The molecule has 0 aromatic carbocycles. The van der Waals surface area contributed by atoms with Gasteiger partial charge in [-0.05, 0) is 25.8 Å². The van der Waals surface area contributed by atoms with E-state index in [2.05, 4.69) is 10.3 Å². The van der Waals surface area contributed by atoms with Crippen molar-refractivity contribution in [3.05, 3.63) is 0 Å². The van der Waals surface area contributed by atoms with E-state index >= 15 is 0 Å². The van der Waals surface area contributed by atoms with Crippen LogP contribution in [0.2, 0.25) is 0 Å². The van der Waals surface area contributed by atoms with Crippen LogP contribution in [0.15, 0.2) is 0 Å². The molecule has 1 aliphatic rings. The average Bonchev–Trinajstić information content (AvgIpc) is 2.19. The summed E-state index contributed by atoms with van der Waals surface area (Å²) < 4.78 is 0. The van der Waals surface area contributed by atoms with Gasteiger partial charge in [-0.1, -0.05) is 6.92 Å². The van der Waals surface area contributed by atoms with Crippen LogP contribution >= 0.6 is 0 Å². The molecule has 1 amide bonds. The highest BCUT2D eigenvalue weighted by molar-refractivity contribution is 5.81. The summed E-state index contributed by atoms with van der Waals surface area (Å²) in [5.41, 5.74) is 8.06. The van der Waals surface area contributed by atoms with Crippen LogP contribution in [0.3, 0.4) is 0 Å². The van der Waals surface area contributed by atoms with E-state index in [1.807, 2.05) is 6.92 Å². The third-order valence-electron chi connectivity index (χ3n) is 2.76. The number of likely N-dealkylation sites (tertiary alicyclic amines) is 1. The third-order valence-corrected chi connectivity index (χ3v) is 2.76. The number of nitrogens with zero attached hydrogens (tertiary/aromatic N) is 1. The minimum atomic E-state index is -0.119. The largest absolute Gasteiger partial charge is 0.327 e. The predicted molar refractivity (Wildman–Crippen MR) is 55.2 cm³/mol. The van der Waals surface area contributed by atoms with Gasteiger partial charge in [-0.3, -0.25) is 15.1 Å². The van der Waals surface area contributed by atoms with E-state index in [0.29, 0.717) is 0 Å². The molecule has 0 spiro atoms. The van der Waals surface area contributed by atoms with Crippen LogP contribution < -0.4 is 17.0 Å². The average molecular weight is 200 g/mol. The van der Waals surface area contributed by atoms with Crippen molar-refractivity contribution in [3.63, 3.8) is 0 Å². The summed E-state index contributed by atoms with van der Waals surface area (Å²) in [6.45, 7) is 3.73. The first-order valence-corrected chi connectivity index (χ1v) is 5.19. The fourth-order valence-electron chi connectivity index (χ4n) is 2.03. The number of rotatable bonds is 3. The molecule has 14 heavy (non-hydrogen) atoms. The second kappa shape index (κ2) is 5.29. The van der Waals surface area contributed by atoms with Crippen LogP contribution in [-0.4, -0.2) is 36.0 Å². The lowest BCUT2D eigenvalue weighted by atomic mass is 10.0. The monoisotopic (exact) mass is 200 g/mol. The Morgan fingerprint density at radius 1 is 1.71 bits per heavy atom. The van der Waals surface area contributed by atoms with E-state index in [9.17, 15) is 4.79 Å². The Kier molecular flexibility index (Phi) is 4.31. The van der Waals surface area contributed by atoms with Crippen molar-refractivity contribution in [2.45, 2.75) is 38.3 Å². The molecule has 82 valence electrons.